The van der Waals surface area contributed by atoms with Crippen molar-refractivity contribution in [3.05, 3.63) is 99.9 Å². The van der Waals surface area contributed by atoms with Crippen LogP contribution < -0.4 is 14.8 Å². The van der Waals surface area contributed by atoms with Crippen molar-refractivity contribution >= 4 is 50.6 Å². The Morgan fingerprint density at radius 1 is 0.974 bits per heavy atom. The van der Waals surface area contributed by atoms with Crippen LogP contribution in [-0.2, 0) is 22.7 Å². The van der Waals surface area contributed by atoms with E-state index >= 15 is 0 Å². The van der Waals surface area contributed by atoms with Crippen LogP contribution in [0.15, 0.2) is 87.5 Å². The van der Waals surface area contributed by atoms with Crippen LogP contribution in [0.1, 0.15) is 23.8 Å². The van der Waals surface area contributed by atoms with E-state index in [9.17, 15) is 14.4 Å². The fourth-order valence-electron chi connectivity index (χ4n) is 4.12. The molecule has 0 atom stereocenters. The Labute approximate surface area is 226 Å². The van der Waals surface area contributed by atoms with Crippen LogP contribution in [0.4, 0.5) is 4.79 Å². The van der Waals surface area contributed by atoms with E-state index in [0.29, 0.717) is 40.5 Å². The van der Waals surface area contributed by atoms with Crippen molar-refractivity contribution in [2.24, 2.45) is 0 Å². The number of urea groups is 1. The van der Waals surface area contributed by atoms with Gasteiger partial charge in [-0.2, -0.15) is 0 Å². The molecule has 0 saturated carbocycles. The third-order valence-corrected chi connectivity index (χ3v) is 6.51. The van der Waals surface area contributed by atoms with E-state index in [2.05, 4.69) is 39.4 Å². The van der Waals surface area contributed by atoms with Crippen molar-refractivity contribution < 1.29 is 28.3 Å². The van der Waals surface area contributed by atoms with Crippen molar-refractivity contribution in [3.8, 4) is 11.5 Å². The molecule has 0 unspecified atom stereocenters. The number of imide groups is 2. The summed E-state index contributed by atoms with van der Waals surface area (Å²) in [7, 11) is 0. The zero-order valence-electron chi connectivity index (χ0n) is 20.4. The van der Waals surface area contributed by atoms with E-state index in [1.807, 2.05) is 31.2 Å². The lowest BCUT2D eigenvalue weighted by molar-refractivity contribution is -0.130. The fourth-order valence-corrected chi connectivity index (χ4v) is 4.70. The number of halogens is 1. The zero-order valence-corrected chi connectivity index (χ0v) is 22.0. The summed E-state index contributed by atoms with van der Waals surface area (Å²) < 4.78 is 17.8. The lowest BCUT2D eigenvalue weighted by atomic mass is 10.1. The fraction of sp³-hybridized carbons (Fsp3) is 0.138. The number of furan rings is 1. The molecular weight excluding hydrogens is 552 g/mol. The van der Waals surface area contributed by atoms with Gasteiger partial charge in [0.1, 0.15) is 17.9 Å². The maximum atomic E-state index is 13.1. The minimum atomic E-state index is -0.804. The van der Waals surface area contributed by atoms with Crippen molar-refractivity contribution in [3.63, 3.8) is 0 Å². The third-order valence-electron chi connectivity index (χ3n) is 5.92. The molecule has 5 rings (SSSR count). The van der Waals surface area contributed by atoms with Crippen molar-refractivity contribution in [2.45, 2.75) is 20.1 Å². The monoisotopic (exact) mass is 574 g/mol. The van der Waals surface area contributed by atoms with Crippen LogP contribution >= 0.6 is 15.9 Å². The number of rotatable bonds is 8. The molecule has 8 nitrogen and oxygen atoms in total. The Balaban J connectivity index is 1.41. The SMILES string of the molecule is CCOc1cc(/C=C2\C(=O)NC(=O)N(Cc3ccco3)C2=O)cc(Br)c1OCc1ccc2ccccc2c1. The Bertz CT molecular complexity index is 1560. The molecule has 1 aliphatic heterocycles. The molecule has 3 aromatic carbocycles. The number of benzene rings is 3. The first-order valence-corrected chi connectivity index (χ1v) is 12.7. The second-order valence-corrected chi connectivity index (χ2v) is 9.38. The first-order valence-electron chi connectivity index (χ1n) is 11.9. The number of amides is 4. The summed E-state index contributed by atoms with van der Waals surface area (Å²) in [5, 5.41) is 4.48. The van der Waals surface area contributed by atoms with E-state index in [1.54, 1.807) is 24.3 Å². The molecule has 0 aliphatic carbocycles. The molecule has 1 aromatic heterocycles. The van der Waals surface area contributed by atoms with Gasteiger partial charge in [-0.3, -0.25) is 19.8 Å². The number of hydrogen-bond acceptors (Lipinski definition) is 6. The lowest BCUT2D eigenvalue weighted by Gasteiger charge is -2.25. The van der Waals surface area contributed by atoms with Crippen LogP contribution in [0.5, 0.6) is 11.5 Å². The topological polar surface area (TPSA) is 98.1 Å². The molecule has 4 amide bonds. The van der Waals surface area contributed by atoms with Gasteiger partial charge in [0, 0.05) is 0 Å². The number of nitrogens with one attached hydrogen (secondary N) is 1. The minimum Gasteiger partial charge on any atom is -0.490 e. The van der Waals surface area contributed by atoms with Crippen molar-refractivity contribution in [1.82, 2.24) is 10.2 Å². The molecule has 38 heavy (non-hydrogen) atoms. The van der Waals surface area contributed by atoms with Gasteiger partial charge in [0.15, 0.2) is 11.5 Å². The predicted molar refractivity (Wildman–Crippen MR) is 144 cm³/mol. The van der Waals surface area contributed by atoms with Gasteiger partial charge in [0.25, 0.3) is 11.8 Å². The second-order valence-electron chi connectivity index (χ2n) is 8.52. The summed E-state index contributed by atoms with van der Waals surface area (Å²) in [4.78, 5) is 38.8. The molecule has 0 bridgehead atoms. The Morgan fingerprint density at radius 2 is 1.79 bits per heavy atom. The number of barbiturate groups is 1. The smallest absolute Gasteiger partial charge is 0.331 e. The summed E-state index contributed by atoms with van der Waals surface area (Å²) >= 11 is 3.54. The zero-order chi connectivity index (χ0) is 26.6. The van der Waals surface area contributed by atoms with Crippen LogP contribution in [-0.4, -0.2) is 29.4 Å². The van der Waals surface area contributed by atoms with Crippen LogP contribution in [0.2, 0.25) is 0 Å². The first kappa shape index (κ1) is 25.3. The summed E-state index contributed by atoms with van der Waals surface area (Å²) in [6.07, 6.45) is 2.86. The Kier molecular flexibility index (Phi) is 7.28. The molecule has 192 valence electrons. The van der Waals surface area contributed by atoms with Gasteiger partial charge in [-0.1, -0.05) is 36.4 Å². The number of ether oxygens (including phenoxy) is 2. The number of nitrogens with zero attached hydrogens (tertiary/aromatic N) is 1. The summed E-state index contributed by atoms with van der Waals surface area (Å²) in [6.45, 7) is 2.44. The van der Waals surface area contributed by atoms with Gasteiger partial charge < -0.3 is 13.9 Å². The normalized spacial score (nSPS) is 14.7. The Morgan fingerprint density at radius 3 is 2.55 bits per heavy atom. The number of fused-ring (bicyclic) bond motifs is 1. The summed E-state index contributed by atoms with van der Waals surface area (Å²) in [5.41, 5.74) is 1.33. The number of carbonyl (C=O) groups is 3. The van der Waals surface area contributed by atoms with Crippen molar-refractivity contribution in [2.75, 3.05) is 6.61 Å². The third kappa shape index (κ3) is 5.33. The van der Waals surface area contributed by atoms with E-state index in [1.165, 1.54) is 12.3 Å². The average molecular weight is 575 g/mol. The molecule has 1 N–H and O–H groups in total. The van der Waals surface area contributed by atoms with E-state index in [0.717, 1.165) is 21.2 Å². The van der Waals surface area contributed by atoms with Gasteiger partial charge in [-0.25, -0.2) is 4.79 Å². The van der Waals surface area contributed by atoms with E-state index in [4.69, 9.17) is 13.9 Å². The maximum Gasteiger partial charge on any atom is 0.331 e. The molecular formula is C29H23BrN2O6. The molecule has 1 aliphatic rings. The number of hydrogen-bond donors (Lipinski definition) is 1. The van der Waals surface area contributed by atoms with Crippen LogP contribution in [0, 0.1) is 0 Å². The molecule has 2 heterocycles. The Hall–Kier alpha value is -4.37. The quantitative estimate of drug-likeness (QED) is 0.210. The average Bonchev–Trinajstić information content (AvgIpc) is 3.42. The highest BCUT2D eigenvalue weighted by Gasteiger charge is 2.36. The van der Waals surface area contributed by atoms with Gasteiger partial charge >= 0.3 is 6.03 Å². The molecule has 4 aromatic rings. The lowest BCUT2D eigenvalue weighted by Crippen LogP contribution is -2.53. The van der Waals surface area contributed by atoms with Gasteiger partial charge in [0.2, 0.25) is 0 Å². The molecule has 9 heteroatoms. The van der Waals surface area contributed by atoms with E-state index < -0.39 is 17.8 Å². The minimum absolute atomic E-state index is 0.0995. The number of carbonyl (C=O) groups excluding carboxylic acids is 3. The maximum absolute atomic E-state index is 13.1. The summed E-state index contributed by atoms with van der Waals surface area (Å²) in [5.74, 6) is -0.142. The van der Waals surface area contributed by atoms with Gasteiger partial charge in [-0.15, -0.1) is 0 Å². The van der Waals surface area contributed by atoms with Crippen LogP contribution in [0.3, 0.4) is 0 Å². The largest absolute Gasteiger partial charge is 0.490 e. The molecule has 1 fully saturated rings. The second kappa shape index (κ2) is 10.9. The van der Waals surface area contributed by atoms with Gasteiger partial charge in [-0.05, 0) is 81.2 Å². The van der Waals surface area contributed by atoms with Gasteiger partial charge in [0.05, 0.1) is 23.9 Å². The first-order chi connectivity index (χ1) is 18.4. The van der Waals surface area contributed by atoms with Crippen molar-refractivity contribution in [1.29, 1.82) is 0 Å². The standard InChI is InChI=1S/C29H23BrN2O6/c1-2-36-25-15-19(13-23-27(33)31-29(35)32(28(23)34)16-22-8-5-11-37-22)14-24(30)26(25)38-17-18-9-10-20-6-3-4-7-21(20)12-18/h3-15H,2,16-17H2,1H3,(H,31,33,35)/b23-13+. The highest BCUT2D eigenvalue weighted by Crippen LogP contribution is 2.38. The highest BCUT2D eigenvalue weighted by molar-refractivity contribution is 9.10. The molecule has 0 spiro atoms. The predicted octanol–water partition coefficient (Wildman–Crippen LogP) is 5.84. The summed E-state index contributed by atoms with van der Waals surface area (Å²) in [6, 6.07) is 20.1. The van der Waals surface area contributed by atoms with E-state index in [-0.39, 0.29) is 12.1 Å². The van der Waals surface area contributed by atoms with Crippen LogP contribution in [0.25, 0.3) is 16.8 Å². The molecule has 1 saturated heterocycles. The molecule has 0 radical (unpaired) electrons. The highest BCUT2D eigenvalue weighted by atomic mass is 79.9.